The first-order valence-corrected chi connectivity index (χ1v) is 7.24. The lowest BCUT2D eigenvalue weighted by molar-refractivity contribution is 0.102. The average Bonchev–Trinajstić information content (AvgIpc) is 3.08. The summed E-state index contributed by atoms with van der Waals surface area (Å²) in [4.78, 5) is 16.5. The van der Waals surface area contributed by atoms with Gasteiger partial charge in [0.2, 0.25) is 5.95 Å². The number of tetrazole rings is 1. The molecule has 3 heterocycles. The Kier molecular flexibility index (Phi) is 3.77. The molecule has 0 saturated carbocycles. The van der Waals surface area contributed by atoms with Gasteiger partial charge in [0.1, 0.15) is 10.7 Å². The number of anilines is 1. The summed E-state index contributed by atoms with van der Waals surface area (Å²) < 4.78 is 1.34. The van der Waals surface area contributed by atoms with Gasteiger partial charge in [-0.2, -0.15) is 0 Å². The van der Waals surface area contributed by atoms with Crippen molar-refractivity contribution in [2.24, 2.45) is 7.05 Å². The molecule has 0 aliphatic heterocycles. The van der Waals surface area contributed by atoms with Gasteiger partial charge < -0.3 is 0 Å². The zero-order valence-corrected chi connectivity index (χ0v) is 13.1. The Balaban J connectivity index is 1.94. The van der Waals surface area contributed by atoms with E-state index in [0.717, 1.165) is 5.01 Å². The lowest BCUT2D eigenvalue weighted by Crippen LogP contribution is -2.16. The van der Waals surface area contributed by atoms with E-state index in [-0.39, 0.29) is 16.5 Å². The number of amides is 1. The molecule has 3 rings (SSSR count). The van der Waals surface area contributed by atoms with E-state index in [2.05, 4.69) is 36.0 Å². The standard InChI is InChI=1S/C11H9ClN8OS/c1-5-15-16-10(22-5)8-7(12)6(3-4-13-8)9(21)14-11-17-18-19-20(11)2/h3-4H,1-2H3,(H,14,17,19,21). The first-order valence-electron chi connectivity index (χ1n) is 6.05. The molecule has 0 aromatic carbocycles. The Bertz CT molecular complexity index is 844. The number of hydrogen-bond acceptors (Lipinski definition) is 8. The van der Waals surface area contributed by atoms with Gasteiger partial charge in [-0.1, -0.05) is 28.0 Å². The highest BCUT2D eigenvalue weighted by Gasteiger charge is 2.19. The Morgan fingerprint density at radius 1 is 1.36 bits per heavy atom. The minimum atomic E-state index is -0.437. The molecule has 3 aromatic heterocycles. The highest BCUT2D eigenvalue weighted by Crippen LogP contribution is 2.30. The maximum Gasteiger partial charge on any atom is 0.259 e. The van der Waals surface area contributed by atoms with E-state index >= 15 is 0 Å². The Morgan fingerprint density at radius 2 is 2.18 bits per heavy atom. The van der Waals surface area contributed by atoms with Gasteiger partial charge >= 0.3 is 0 Å². The zero-order chi connectivity index (χ0) is 15.7. The van der Waals surface area contributed by atoms with Crippen molar-refractivity contribution in [1.29, 1.82) is 0 Å². The van der Waals surface area contributed by atoms with Crippen molar-refractivity contribution in [3.8, 4) is 10.7 Å². The molecule has 0 unspecified atom stereocenters. The van der Waals surface area contributed by atoms with E-state index in [9.17, 15) is 4.79 Å². The van der Waals surface area contributed by atoms with Crippen LogP contribution in [0.5, 0.6) is 0 Å². The Morgan fingerprint density at radius 3 is 2.82 bits per heavy atom. The van der Waals surface area contributed by atoms with Gasteiger partial charge in [0, 0.05) is 13.2 Å². The van der Waals surface area contributed by atoms with Gasteiger partial charge in [-0.3, -0.25) is 15.1 Å². The number of aromatic nitrogens is 7. The summed E-state index contributed by atoms with van der Waals surface area (Å²) in [5.74, 6) is -0.223. The third-order valence-electron chi connectivity index (χ3n) is 2.71. The number of halogens is 1. The summed E-state index contributed by atoms with van der Waals surface area (Å²) in [5, 5.41) is 22.8. The number of hydrogen-bond donors (Lipinski definition) is 1. The van der Waals surface area contributed by atoms with E-state index in [0.29, 0.717) is 10.7 Å². The number of pyridine rings is 1. The van der Waals surface area contributed by atoms with Crippen molar-refractivity contribution >= 4 is 34.8 Å². The predicted octanol–water partition coefficient (Wildman–Crippen LogP) is 1.34. The average molecular weight is 337 g/mol. The van der Waals surface area contributed by atoms with Gasteiger partial charge in [-0.25, -0.2) is 4.68 Å². The molecule has 0 bridgehead atoms. The number of carbonyl (C=O) groups is 1. The van der Waals surface area contributed by atoms with E-state index in [1.807, 2.05) is 6.92 Å². The van der Waals surface area contributed by atoms with Crippen LogP contribution in [0.4, 0.5) is 5.95 Å². The minimum Gasteiger partial charge on any atom is -0.289 e. The molecule has 0 saturated heterocycles. The normalized spacial score (nSPS) is 10.7. The number of nitrogens with one attached hydrogen (secondary N) is 1. The Labute approximate surface area is 133 Å². The molecule has 1 N–H and O–H groups in total. The molecule has 3 aromatic rings. The highest BCUT2D eigenvalue weighted by atomic mass is 35.5. The summed E-state index contributed by atoms with van der Waals surface area (Å²) in [7, 11) is 1.61. The van der Waals surface area contributed by atoms with Crippen LogP contribution in [-0.4, -0.2) is 41.3 Å². The fourth-order valence-electron chi connectivity index (χ4n) is 1.66. The Hall–Kier alpha value is -2.46. The van der Waals surface area contributed by atoms with Crippen molar-refractivity contribution in [1.82, 2.24) is 35.4 Å². The fourth-order valence-corrected chi connectivity index (χ4v) is 2.70. The molecule has 0 radical (unpaired) electrons. The van der Waals surface area contributed by atoms with Crippen molar-refractivity contribution in [3.05, 3.63) is 27.9 Å². The molecule has 0 spiro atoms. The molecule has 0 aliphatic rings. The van der Waals surface area contributed by atoms with E-state index in [1.54, 1.807) is 7.05 Å². The van der Waals surface area contributed by atoms with E-state index in [1.165, 1.54) is 28.3 Å². The molecule has 112 valence electrons. The van der Waals surface area contributed by atoms with Crippen LogP contribution in [0.25, 0.3) is 10.7 Å². The van der Waals surface area contributed by atoms with Crippen molar-refractivity contribution in [2.45, 2.75) is 6.92 Å². The zero-order valence-electron chi connectivity index (χ0n) is 11.5. The molecule has 0 atom stereocenters. The van der Waals surface area contributed by atoms with Crippen LogP contribution in [-0.2, 0) is 7.05 Å². The summed E-state index contributed by atoms with van der Waals surface area (Å²) in [6, 6.07) is 1.51. The van der Waals surface area contributed by atoms with Crippen LogP contribution in [0.1, 0.15) is 15.4 Å². The molecule has 22 heavy (non-hydrogen) atoms. The van der Waals surface area contributed by atoms with E-state index in [4.69, 9.17) is 11.6 Å². The summed E-state index contributed by atoms with van der Waals surface area (Å²) in [6.45, 7) is 1.83. The second-order valence-electron chi connectivity index (χ2n) is 4.23. The lowest BCUT2D eigenvalue weighted by atomic mass is 10.2. The fraction of sp³-hybridized carbons (Fsp3) is 0.182. The van der Waals surface area contributed by atoms with Crippen LogP contribution in [0, 0.1) is 6.92 Å². The molecule has 9 nitrogen and oxygen atoms in total. The molecular weight excluding hydrogens is 328 g/mol. The molecular formula is C11H9ClN8OS. The monoisotopic (exact) mass is 336 g/mol. The van der Waals surface area contributed by atoms with Gasteiger partial charge in [-0.15, -0.1) is 10.2 Å². The third kappa shape index (κ3) is 2.65. The van der Waals surface area contributed by atoms with Gasteiger partial charge in [0.05, 0.1) is 10.6 Å². The lowest BCUT2D eigenvalue weighted by Gasteiger charge is -2.06. The van der Waals surface area contributed by atoms with Gasteiger partial charge in [-0.05, 0) is 23.4 Å². The van der Waals surface area contributed by atoms with Crippen LogP contribution in [0.3, 0.4) is 0 Å². The minimum absolute atomic E-state index is 0.200. The molecule has 11 heteroatoms. The number of nitrogens with zero attached hydrogens (tertiary/aromatic N) is 7. The summed E-state index contributed by atoms with van der Waals surface area (Å²) in [5.41, 5.74) is 0.665. The smallest absolute Gasteiger partial charge is 0.259 e. The summed E-state index contributed by atoms with van der Waals surface area (Å²) in [6.07, 6.45) is 1.49. The molecule has 1 amide bonds. The van der Waals surface area contributed by atoms with Crippen LogP contribution in [0.15, 0.2) is 12.3 Å². The second kappa shape index (κ2) is 5.73. The maximum absolute atomic E-state index is 12.3. The maximum atomic E-state index is 12.3. The van der Waals surface area contributed by atoms with Crippen LogP contribution in [0.2, 0.25) is 5.02 Å². The second-order valence-corrected chi connectivity index (χ2v) is 5.79. The van der Waals surface area contributed by atoms with Gasteiger partial charge in [0.25, 0.3) is 5.91 Å². The van der Waals surface area contributed by atoms with E-state index < -0.39 is 5.91 Å². The van der Waals surface area contributed by atoms with Crippen LogP contribution < -0.4 is 5.32 Å². The predicted molar refractivity (Wildman–Crippen MR) is 79.6 cm³/mol. The number of aryl methyl sites for hydroxylation is 2. The topological polar surface area (TPSA) is 111 Å². The first kappa shape index (κ1) is 14.5. The van der Waals surface area contributed by atoms with Crippen molar-refractivity contribution in [3.63, 3.8) is 0 Å². The highest BCUT2D eigenvalue weighted by molar-refractivity contribution is 7.14. The summed E-state index contributed by atoms with van der Waals surface area (Å²) >= 11 is 7.63. The largest absolute Gasteiger partial charge is 0.289 e. The quantitative estimate of drug-likeness (QED) is 0.768. The number of carbonyl (C=O) groups excluding carboxylic acids is 1. The first-order chi connectivity index (χ1) is 10.6. The SMILES string of the molecule is Cc1nnc(-c2nccc(C(=O)Nc3nnnn3C)c2Cl)s1. The molecule has 0 aliphatic carbocycles. The van der Waals surface area contributed by atoms with Crippen LogP contribution >= 0.6 is 22.9 Å². The number of rotatable bonds is 3. The third-order valence-corrected chi connectivity index (χ3v) is 3.94. The van der Waals surface area contributed by atoms with Crippen molar-refractivity contribution < 1.29 is 4.79 Å². The van der Waals surface area contributed by atoms with Crippen molar-refractivity contribution in [2.75, 3.05) is 5.32 Å². The molecule has 0 fully saturated rings. The van der Waals surface area contributed by atoms with Gasteiger partial charge in [0.15, 0.2) is 5.01 Å².